The number of aromatic nitrogens is 3. The van der Waals surface area contributed by atoms with Gasteiger partial charge in [-0.15, -0.1) is 5.10 Å². The Kier molecular flexibility index (Phi) is 4.66. The van der Waals surface area contributed by atoms with E-state index in [9.17, 15) is 4.39 Å². The molecule has 2 aromatic rings. The second-order valence-corrected chi connectivity index (χ2v) is 5.13. The molecule has 102 valence electrons. The van der Waals surface area contributed by atoms with Crippen molar-refractivity contribution >= 4 is 15.9 Å². The number of hydrogen-bond donors (Lipinski definition) is 1. The summed E-state index contributed by atoms with van der Waals surface area (Å²) >= 11 is 3.22. The molecule has 0 aliphatic heterocycles. The molecule has 0 radical (unpaired) electrons. The molecule has 0 bridgehead atoms. The molecular weight excluding hydrogens is 311 g/mol. The van der Waals surface area contributed by atoms with Gasteiger partial charge in [-0.1, -0.05) is 18.2 Å². The van der Waals surface area contributed by atoms with E-state index in [2.05, 4.69) is 38.5 Å². The minimum absolute atomic E-state index is 0.0570. The van der Waals surface area contributed by atoms with Crippen LogP contribution in [0.2, 0.25) is 0 Å². The van der Waals surface area contributed by atoms with E-state index in [-0.39, 0.29) is 11.9 Å². The Morgan fingerprint density at radius 2 is 2.26 bits per heavy atom. The number of nitrogens with one attached hydrogen (secondary N) is 1. The molecule has 2 rings (SSSR count). The maximum absolute atomic E-state index is 13.3. The van der Waals surface area contributed by atoms with Crippen LogP contribution in [0.1, 0.15) is 30.6 Å². The highest BCUT2D eigenvalue weighted by Crippen LogP contribution is 2.25. The fourth-order valence-corrected chi connectivity index (χ4v) is 2.45. The third kappa shape index (κ3) is 3.01. The summed E-state index contributed by atoms with van der Waals surface area (Å²) in [6.45, 7) is 2.91. The van der Waals surface area contributed by atoms with E-state index in [1.807, 2.05) is 11.7 Å². The normalized spacial score (nSPS) is 12.6. The van der Waals surface area contributed by atoms with Gasteiger partial charge in [0.15, 0.2) is 0 Å². The van der Waals surface area contributed by atoms with Gasteiger partial charge in [0.2, 0.25) is 0 Å². The molecule has 1 aromatic heterocycles. The first kappa shape index (κ1) is 14.1. The fourth-order valence-electron chi connectivity index (χ4n) is 2.05. The largest absolute Gasteiger partial charge is 0.308 e. The highest BCUT2D eigenvalue weighted by atomic mass is 79.9. The first-order chi connectivity index (χ1) is 9.17. The Bertz CT molecular complexity index is 555. The zero-order valence-electron chi connectivity index (χ0n) is 10.9. The lowest BCUT2D eigenvalue weighted by Crippen LogP contribution is -2.21. The molecule has 6 heteroatoms. The SMILES string of the molecule is CCCn1nncc1C(NC)c1ccc(F)c(Br)c1. The van der Waals surface area contributed by atoms with Crippen molar-refractivity contribution in [2.75, 3.05) is 7.05 Å². The van der Waals surface area contributed by atoms with E-state index in [0.29, 0.717) is 4.47 Å². The third-order valence-electron chi connectivity index (χ3n) is 2.94. The zero-order chi connectivity index (χ0) is 13.8. The smallest absolute Gasteiger partial charge is 0.137 e. The standard InChI is InChI=1S/C13H16BrFN4/c1-3-6-19-12(8-17-18-19)13(16-2)9-4-5-11(15)10(14)7-9/h4-5,7-8,13,16H,3,6H2,1-2H3. The number of rotatable bonds is 5. The van der Waals surface area contributed by atoms with Crippen LogP contribution in [-0.4, -0.2) is 22.0 Å². The topological polar surface area (TPSA) is 42.7 Å². The second kappa shape index (κ2) is 6.25. The average molecular weight is 327 g/mol. The van der Waals surface area contributed by atoms with E-state index in [1.165, 1.54) is 6.07 Å². The van der Waals surface area contributed by atoms with E-state index in [4.69, 9.17) is 0 Å². The lowest BCUT2D eigenvalue weighted by atomic mass is 10.0. The number of aryl methyl sites for hydroxylation is 1. The molecule has 0 saturated carbocycles. The Morgan fingerprint density at radius 3 is 2.89 bits per heavy atom. The molecule has 4 nitrogen and oxygen atoms in total. The molecule has 1 atom stereocenters. The van der Waals surface area contributed by atoms with Gasteiger partial charge in [0.05, 0.1) is 22.4 Å². The van der Waals surface area contributed by atoms with Gasteiger partial charge < -0.3 is 5.32 Å². The van der Waals surface area contributed by atoms with Crippen molar-refractivity contribution < 1.29 is 4.39 Å². The van der Waals surface area contributed by atoms with Gasteiger partial charge in [0.1, 0.15) is 5.82 Å². The van der Waals surface area contributed by atoms with Gasteiger partial charge in [0, 0.05) is 6.54 Å². The lowest BCUT2D eigenvalue weighted by Gasteiger charge is -2.18. The van der Waals surface area contributed by atoms with Crippen molar-refractivity contribution in [3.8, 4) is 0 Å². The first-order valence-corrected chi connectivity index (χ1v) is 6.97. The third-order valence-corrected chi connectivity index (χ3v) is 3.55. The summed E-state index contributed by atoms with van der Waals surface area (Å²) in [6.07, 6.45) is 2.73. The molecule has 0 amide bonds. The van der Waals surface area contributed by atoms with Crippen molar-refractivity contribution in [1.82, 2.24) is 20.3 Å². The van der Waals surface area contributed by atoms with Crippen LogP contribution in [-0.2, 0) is 6.54 Å². The van der Waals surface area contributed by atoms with Crippen molar-refractivity contribution in [2.24, 2.45) is 0 Å². The van der Waals surface area contributed by atoms with Gasteiger partial charge in [0.25, 0.3) is 0 Å². The molecular formula is C13H16BrFN4. The first-order valence-electron chi connectivity index (χ1n) is 6.18. The molecule has 0 spiro atoms. The van der Waals surface area contributed by atoms with Gasteiger partial charge in [-0.05, 0) is 47.1 Å². The highest BCUT2D eigenvalue weighted by molar-refractivity contribution is 9.10. The summed E-state index contributed by atoms with van der Waals surface area (Å²) < 4.78 is 15.6. The summed E-state index contributed by atoms with van der Waals surface area (Å²) in [6, 6.07) is 4.95. The Balaban J connectivity index is 2.38. The van der Waals surface area contributed by atoms with E-state index < -0.39 is 0 Å². The number of benzene rings is 1. The average Bonchev–Trinajstić information content (AvgIpc) is 2.83. The number of halogens is 2. The minimum Gasteiger partial charge on any atom is -0.308 e. The van der Waals surface area contributed by atoms with E-state index >= 15 is 0 Å². The van der Waals surface area contributed by atoms with Crippen LogP contribution in [0.3, 0.4) is 0 Å². The van der Waals surface area contributed by atoms with Crippen LogP contribution in [0.15, 0.2) is 28.9 Å². The molecule has 1 aromatic carbocycles. The zero-order valence-corrected chi connectivity index (χ0v) is 12.5. The van der Waals surface area contributed by atoms with Crippen molar-refractivity contribution in [2.45, 2.75) is 25.9 Å². The molecule has 1 unspecified atom stereocenters. The second-order valence-electron chi connectivity index (χ2n) is 4.28. The summed E-state index contributed by atoms with van der Waals surface area (Å²) in [4.78, 5) is 0. The maximum atomic E-state index is 13.3. The molecule has 1 N–H and O–H groups in total. The van der Waals surface area contributed by atoms with Crippen molar-refractivity contribution in [3.63, 3.8) is 0 Å². The van der Waals surface area contributed by atoms with Crippen LogP contribution in [0.25, 0.3) is 0 Å². The summed E-state index contributed by atoms with van der Waals surface area (Å²) in [5.41, 5.74) is 1.94. The summed E-state index contributed by atoms with van der Waals surface area (Å²) in [5, 5.41) is 11.3. The van der Waals surface area contributed by atoms with E-state index in [0.717, 1.165) is 24.2 Å². The minimum atomic E-state index is -0.265. The number of hydrogen-bond acceptors (Lipinski definition) is 3. The molecule has 0 aliphatic carbocycles. The van der Waals surface area contributed by atoms with Crippen LogP contribution in [0, 0.1) is 5.82 Å². The Morgan fingerprint density at radius 1 is 1.47 bits per heavy atom. The van der Waals surface area contributed by atoms with Crippen LogP contribution in [0.4, 0.5) is 4.39 Å². The van der Waals surface area contributed by atoms with Crippen LogP contribution < -0.4 is 5.32 Å². The predicted molar refractivity (Wildman–Crippen MR) is 75.3 cm³/mol. The van der Waals surface area contributed by atoms with Gasteiger partial charge in [-0.25, -0.2) is 9.07 Å². The summed E-state index contributed by atoms with van der Waals surface area (Å²) in [5.74, 6) is -0.265. The molecule has 0 aliphatic rings. The number of nitrogens with zero attached hydrogens (tertiary/aromatic N) is 3. The lowest BCUT2D eigenvalue weighted by molar-refractivity contribution is 0.522. The maximum Gasteiger partial charge on any atom is 0.137 e. The van der Waals surface area contributed by atoms with Crippen LogP contribution >= 0.6 is 15.9 Å². The monoisotopic (exact) mass is 326 g/mol. The quantitative estimate of drug-likeness (QED) is 0.918. The van der Waals surface area contributed by atoms with Crippen LogP contribution in [0.5, 0.6) is 0 Å². The van der Waals surface area contributed by atoms with Crippen molar-refractivity contribution in [1.29, 1.82) is 0 Å². The Hall–Kier alpha value is -1.27. The molecule has 0 fully saturated rings. The fraction of sp³-hybridized carbons (Fsp3) is 0.385. The molecule has 1 heterocycles. The van der Waals surface area contributed by atoms with Crippen molar-refractivity contribution in [3.05, 3.63) is 45.9 Å². The van der Waals surface area contributed by atoms with Gasteiger partial charge in [-0.2, -0.15) is 0 Å². The Labute approximate surface area is 120 Å². The predicted octanol–water partition coefficient (Wildman–Crippen LogP) is 2.90. The van der Waals surface area contributed by atoms with E-state index in [1.54, 1.807) is 18.3 Å². The van der Waals surface area contributed by atoms with Gasteiger partial charge in [-0.3, -0.25) is 0 Å². The molecule has 0 saturated heterocycles. The van der Waals surface area contributed by atoms with Gasteiger partial charge >= 0.3 is 0 Å². The summed E-state index contributed by atoms with van der Waals surface area (Å²) in [7, 11) is 1.87. The molecule has 19 heavy (non-hydrogen) atoms. The highest BCUT2D eigenvalue weighted by Gasteiger charge is 2.18.